The lowest BCUT2D eigenvalue weighted by Crippen LogP contribution is -2.08. The number of esters is 1. The molecule has 0 aliphatic rings. The molecule has 4 rings (SSSR count). The molecular weight excluding hydrogens is 408 g/mol. The van der Waals surface area contributed by atoms with E-state index in [9.17, 15) is 9.59 Å². The Labute approximate surface area is 176 Å². The lowest BCUT2D eigenvalue weighted by molar-refractivity contribution is 0.0473. The van der Waals surface area contributed by atoms with E-state index in [0.29, 0.717) is 22.6 Å². The van der Waals surface area contributed by atoms with Crippen LogP contribution in [0, 0.1) is 0 Å². The Bertz CT molecular complexity index is 1320. The third kappa shape index (κ3) is 3.57. The second-order valence-corrected chi connectivity index (χ2v) is 6.93. The van der Waals surface area contributed by atoms with Crippen LogP contribution in [0.2, 0.25) is 5.02 Å². The molecule has 0 aliphatic heterocycles. The van der Waals surface area contributed by atoms with Crippen LogP contribution in [0.3, 0.4) is 0 Å². The lowest BCUT2D eigenvalue weighted by atomic mass is 10.0. The van der Waals surface area contributed by atoms with Crippen LogP contribution in [0.25, 0.3) is 21.7 Å². The molecule has 0 fully saturated rings. The van der Waals surface area contributed by atoms with Crippen molar-refractivity contribution in [2.75, 3.05) is 14.2 Å². The number of carbonyl (C=O) groups excluding carboxylic acids is 1. The summed E-state index contributed by atoms with van der Waals surface area (Å²) in [5, 5.41) is 2.84. The minimum atomic E-state index is -0.612. The normalized spacial score (nSPS) is 10.9. The van der Waals surface area contributed by atoms with E-state index >= 15 is 0 Å². The number of carbonyl (C=O) groups is 1. The van der Waals surface area contributed by atoms with Crippen molar-refractivity contribution >= 4 is 39.3 Å². The lowest BCUT2D eigenvalue weighted by Gasteiger charge is -2.12. The number of fused-ring (bicyclic) bond motifs is 3. The standard InChI is InChI=1S/C23H17ClO6/c1-27-19-10-14(9-17(24)22(19)28-2)23(26)29-12-15-11-20(25)30-18-8-7-13-5-3-4-6-16(13)21(15)18/h3-11H,12H2,1-2H3. The molecule has 7 heteroatoms. The van der Waals surface area contributed by atoms with Crippen molar-refractivity contribution in [3.05, 3.63) is 81.2 Å². The summed E-state index contributed by atoms with van der Waals surface area (Å²) in [4.78, 5) is 24.6. The van der Waals surface area contributed by atoms with Crippen molar-refractivity contribution in [2.45, 2.75) is 6.61 Å². The third-order valence-corrected chi connectivity index (χ3v) is 5.02. The molecule has 1 heterocycles. The van der Waals surface area contributed by atoms with Crippen molar-refractivity contribution in [1.29, 1.82) is 0 Å². The Balaban J connectivity index is 1.70. The minimum absolute atomic E-state index is 0.110. The summed E-state index contributed by atoms with van der Waals surface area (Å²) in [6.45, 7) is -0.110. The van der Waals surface area contributed by atoms with Crippen molar-refractivity contribution in [1.82, 2.24) is 0 Å². The molecule has 0 amide bonds. The Morgan fingerprint density at radius 3 is 2.60 bits per heavy atom. The molecule has 0 saturated carbocycles. The summed E-state index contributed by atoms with van der Waals surface area (Å²) in [7, 11) is 2.90. The largest absolute Gasteiger partial charge is 0.493 e. The van der Waals surface area contributed by atoms with Gasteiger partial charge in [-0.25, -0.2) is 9.59 Å². The topological polar surface area (TPSA) is 75.0 Å². The van der Waals surface area contributed by atoms with Gasteiger partial charge < -0.3 is 18.6 Å². The summed E-state index contributed by atoms with van der Waals surface area (Å²) in [6.07, 6.45) is 0. The minimum Gasteiger partial charge on any atom is -0.493 e. The van der Waals surface area contributed by atoms with E-state index in [1.54, 1.807) is 6.07 Å². The first-order valence-electron chi connectivity index (χ1n) is 9.05. The third-order valence-electron chi connectivity index (χ3n) is 4.74. The molecule has 0 atom stereocenters. The van der Waals surface area contributed by atoms with E-state index < -0.39 is 11.6 Å². The zero-order valence-electron chi connectivity index (χ0n) is 16.2. The Morgan fingerprint density at radius 1 is 1.03 bits per heavy atom. The van der Waals surface area contributed by atoms with Gasteiger partial charge in [-0.05, 0) is 29.0 Å². The van der Waals surface area contributed by atoms with Crippen molar-refractivity contribution in [2.24, 2.45) is 0 Å². The van der Waals surface area contributed by atoms with Gasteiger partial charge in [0.25, 0.3) is 0 Å². The highest BCUT2D eigenvalue weighted by Crippen LogP contribution is 2.36. The van der Waals surface area contributed by atoms with E-state index in [4.69, 9.17) is 30.2 Å². The maximum Gasteiger partial charge on any atom is 0.338 e. The zero-order valence-corrected chi connectivity index (χ0v) is 17.0. The molecule has 0 spiro atoms. The molecule has 0 radical (unpaired) electrons. The first-order chi connectivity index (χ1) is 14.5. The quantitative estimate of drug-likeness (QED) is 0.256. The number of hydrogen-bond donors (Lipinski definition) is 0. The zero-order chi connectivity index (χ0) is 21.3. The maximum absolute atomic E-state index is 12.6. The fourth-order valence-electron chi connectivity index (χ4n) is 3.40. The van der Waals surface area contributed by atoms with Crippen molar-refractivity contribution in [3.8, 4) is 11.5 Å². The fraction of sp³-hybridized carbons (Fsp3) is 0.130. The highest BCUT2D eigenvalue weighted by molar-refractivity contribution is 6.32. The van der Waals surface area contributed by atoms with Crippen LogP contribution >= 0.6 is 11.6 Å². The van der Waals surface area contributed by atoms with Crippen molar-refractivity contribution in [3.63, 3.8) is 0 Å². The Hall–Kier alpha value is -3.51. The second kappa shape index (κ2) is 8.08. The van der Waals surface area contributed by atoms with Gasteiger partial charge in [0.05, 0.1) is 24.8 Å². The smallest absolute Gasteiger partial charge is 0.338 e. The molecule has 3 aromatic carbocycles. The first-order valence-corrected chi connectivity index (χ1v) is 9.42. The molecule has 0 saturated heterocycles. The molecule has 1 aromatic heterocycles. The molecule has 0 aliphatic carbocycles. The Morgan fingerprint density at radius 2 is 1.83 bits per heavy atom. The van der Waals surface area contributed by atoms with Crippen molar-refractivity contribution < 1.29 is 23.4 Å². The summed E-state index contributed by atoms with van der Waals surface area (Å²) >= 11 is 6.17. The molecular formula is C23H17ClO6. The summed E-state index contributed by atoms with van der Waals surface area (Å²) in [5.41, 5.74) is 0.673. The van der Waals surface area contributed by atoms with Crippen LogP contribution in [-0.2, 0) is 11.3 Å². The van der Waals surface area contributed by atoms with Gasteiger partial charge in [-0.3, -0.25) is 0 Å². The van der Waals surface area contributed by atoms with Crippen LogP contribution in [0.15, 0.2) is 63.8 Å². The number of benzene rings is 3. The second-order valence-electron chi connectivity index (χ2n) is 6.52. The average Bonchev–Trinajstić information content (AvgIpc) is 2.76. The van der Waals surface area contributed by atoms with Gasteiger partial charge in [-0.1, -0.05) is 41.9 Å². The van der Waals surface area contributed by atoms with E-state index in [1.807, 2.05) is 30.3 Å². The van der Waals surface area contributed by atoms with Crippen LogP contribution in [0.4, 0.5) is 0 Å². The molecule has 30 heavy (non-hydrogen) atoms. The van der Waals surface area contributed by atoms with Gasteiger partial charge in [-0.2, -0.15) is 0 Å². The van der Waals surface area contributed by atoms with Gasteiger partial charge >= 0.3 is 11.6 Å². The monoisotopic (exact) mass is 424 g/mol. The van der Waals surface area contributed by atoms with Gasteiger partial charge in [0.2, 0.25) is 0 Å². The number of hydrogen-bond acceptors (Lipinski definition) is 6. The van der Waals surface area contributed by atoms with Gasteiger partial charge in [0.15, 0.2) is 11.5 Å². The number of methoxy groups -OCH3 is 2. The van der Waals surface area contributed by atoms with E-state index in [2.05, 4.69) is 0 Å². The Kier molecular flexibility index (Phi) is 5.33. The van der Waals surface area contributed by atoms with Crippen LogP contribution in [0.5, 0.6) is 11.5 Å². The highest BCUT2D eigenvalue weighted by atomic mass is 35.5. The first kappa shape index (κ1) is 19.8. The molecule has 6 nitrogen and oxygen atoms in total. The van der Waals surface area contributed by atoms with Gasteiger partial charge in [0, 0.05) is 17.0 Å². The summed E-state index contributed by atoms with van der Waals surface area (Å²) < 4.78 is 21.2. The summed E-state index contributed by atoms with van der Waals surface area (Å²) in [6, 6.07) is 15.6. The molecule has 152 valence electrons. The average molecular weight is 425 g/mol. The van der Waals surface area contributed by atoms with Gasteiger partial charge in [0.1, 0.15) is 12.2 Å². The van der Waals surface area contributed by atoms with Crippen LogP contribution < -0.4 is 15.1 Å². The van der Waals surface area contributed by atoms with E-state index in [0.717, 1.165) is 16.2 Å². The highest BCUT2D eigenvalue weighted by Gasteiger charge is 2.17. The van der Waals surface area contributed by atoms with E-state index in [-0.39, 0.29) is 17.2 Å². The summed E-state index contributed by atoms with van der Waals surface area (Å²) in [5.74, 6) is 0.0297. The molecule has 0 N–H and O–H groups in total. The number of halogens is 1. The molecule has 0 unspecified atom stereocenters. The van der Waals surface area contributed by atoms with Gasteiger partial charge in [-0.15, -0.1) is 0 Å². The SMILES string of the molecule is COc1cc(C(=O)OCc2cc(=O)oc3ccc4ccccc4c23)cc(Cl)c1OC. The predicted octanol–water partition coefficient (Wildman–Crippen LogP) is 4.97. The number of rotatable bonds is 5. The van der Waals surface area contributed by atoms with Crippen LogP contribution in [-0.4, -0.2) is 20.2 Å². The molecule has 4 aromatic rings. The maximum atomic E-state index is 12.6. The fourth-order valence-corrected chi connectivity index (χ4v) is 3.68. The number of ether oxygens (including phenoxy) is 3. The predicted molar refractivity (Wildman–Crippen MR) is 114 cm³/mol. The molecule has 0 bridgehead atoms. The van der Waals surface area contributed by atoms with E-state index in [1.165, 1.54) is 32.4 Å². The van der Waals surface area contributed by atoms with Crippen LogP contribution in [0.1, 0.15) is 15.9 Å².